The predicted molar refractivity (Wildman–Crippen MR) is 93.9 cm³/mol. The first kappa shape index (κ1) is 16.8. The lowest BCUT2D eigenvalue weighted by Gasteiger charge is -2.14. The fourth-order valence-corrected chi connectivity index (χ4v) is 2.36. The molecule has 3 nitrogen and oxygen atoms in total. The summed E-state index contributed by atoms with van der Waals surface area (Å²) in [5, 5.41) is 3.31. The van der Waals surface area contributed by atoms with E-state index in [4.69, 9.17) is 16.3 Å². The van der Waals surface area contributed by atoms with E-state index in [0.29, 0.717) is 34.5 Å². The summed E-state index contributed by atoms with van der Waals surface area (Å²) in [5.74, 6) is 0.678. The normalized spacial score (nSPS) is 10.6. The molecule has 5 heteroatoms. The zero-order valence-electron chi connectivity index (χ0n) is 12.4. The summed E-state index contributed by atoms with van der Waals surface area (Å²) in [7, 11) is 0. The van der Waals surface area contributed by atoms with Gasteiger partial charge in [-0.3, -0.25) is 4.79 Å². The van der Waals surface area contributed by atoms with Crippen molar-refractivity contribution in [3.8, 4) is 5.75 Å². The fraction of sp³-hybridized carbons (Fsp3) is 0.235. The maximum Gasteiger partial charge on any atom is 0.259 e. The standard InChI is InChI=1S/C17H17BrClNO2/c1-11(2)10-22-16-8-7-12(18)9-13(16)17(21)20-15-6-4-3-5-14(15)19/h3-9,11H,10H2,1-2H3,(H,20,21). The van der Waals surface area contributed by atoms with Crippen LogP contribution in [0.4, 0.5) is 5.69 Å². The summed E-state index contributed by atoms with van der Waals surface area (Å²) in [6.07, 6.45) is 0. The van der Waals surface area contributed by atoms with E-state index in [9.17, 15) is 4.79 Å². The molecular formula is C17H17BrClNO2. The van der Waals surface area contributed by atoms with Gasteiger partial charge in [0.15, 0.2) is 0 Å². The molecule has 0 aliphatic rings. The van der Waals surface area contributed by atoms with Gasteiger partial charge in [0.05, 0.1) is 22.9 Å². The molecule has 0 spiro atoms. The molecule has 0 fully saturated rings. The van der Waals surface area contributed by atoms with Gasteiger partial charge in [-0.1, -0.05) is 53.5 Å². The maximum atomic E-state index is 12.5. The lowest BCUT2D eigenvalue weighted by molar-refractivity contribution is 0.102. The molecule has 0 atom stereocenters. The van der Waals surface area contributed by atoms with Crippen molar-refractivity contribution >= 4 is 39.1 Å². The first-order chi connectivity index (χ1) is 10.5. The summed E-state index contributed by atoms with van der Waals surface area (Å²) in [6, 6.07) is 12.5. The highest BCUT2D eigenvalue weighted by molar-refractivity contribution is 9.10. The lowest BCUT2D eigenvalue weighted by atomic mass is 10.1. The van der Waals surface area contributed by atoms with E-state index in [1.54, 1.807) is 24.3 Å². The zero-order chi connectivity index (χ0) is 16.1. The van der Waals surface area contributed by atoms with Crippen LogP contribution in [0.5, 0.6) is 5.75 Å². The molecule has 0 saturated heterocycles. The number of nitrogens with one attached hydrogen (secondary N) is 1. The Morgan fingerprint density at radius 1 is 1.27 bits per heavy atom. The molecule has 2 rings (SSSR count). The summed E-state index contributed by atoms with van der Waals surface area (Å²) in [6.45, 7) is 4.67. The van der Waals surface area contributed by atoms with Gasteiger partial charge in [0.25, 0.3) is 5.91 Å². The molecule has 0 aromatic heterocycles. The number of para-hydroxylation sites is 1. The van der Waals surface area contributed by atoms with Gasteiger partial charge in [-0.25, -0.2) is 0 Å². The zero-order valence-corrected chi connectivity index (χ0v) is 14.7. The first-order valence-electron chi connectivity index (χ1n) is 6.95. The Balaban J connectivity index is 2.24. The Hall–Kier alpha value is -1.52. The van der Waals surface area contributed by atoms with Crippen molar-refractivity contribution in [1.82, 2.24) is 0 Å². The third-order valence-corrected chi connectivity index (χ3v) is 3.70. The molecule has 2 aromatic carbocycles. The minimum atomic E-state index is -0.256. The van der Waals surface area contributed by atoms with E-state index in [0.717, 1.165) is 4.47 Å². The van der Waals surface area contributed by atoms with Crippen LogP contribution < -0.4 is 10.1 Å². The molecular weight excluding hydrogens is 366 g/mol. The first-order valence-corrected chi connectivity index (χ1v) is 8.12. The van der Waals surface area contributed by atoms with Crippen LogP contribution in [-0.2, 0) is 0 Å². The smallest absolute Gasteiger partial charge is 0.259 e. The largest absolute Gasteiger partial charge is 0.492 e. The van der Waals surface area contributed by atoms with E-state index in [2.05, 4.69) is 35.1 Å². The number of hydrogen-bond donors (Lipinski definition) is 1. The van der Waals surface area contributed by atoms with Crippen LogP contribution in [0.3, 0.4) is 0 Å². The van der Waals surface area contributed by atoms with Gasteiger partial charge in [0.1, 0.15) is 5.75 Å². The van der Waals surface area contributed by atoms with Crippen LogP contribution in [0.25, 0.3) is 0 Å². The monoisotopic (exact) mass is 381 g/mol. The van der Waals surface area contributed by atoms with Crippen molar-refractivity contribution in [2.24, 2.45) is 5.92 Å². The Kier molecular flexibility index (Phi) is 5.86. The van der Waals surface area contributed by atoms with Gasteiger partial charge in [-0.2, -0.15) is 0 Å². The second-order valence-corrected chi connectivity index (χ2v) is 6.60. The van der Waals surface area contributed by atoms with E-state index in [1.165, 1.54) is 0 Å². The molecule has 0 radical (unpaired) electrons. The lowest BCUT2D eigenvalue weighted by Crippen LogP contribution is -2.15. The van der Waals surface area contributed by atoms with Gasteiger partial charge >= 0.3 is 0 Å². The highest BCUT2D eigenvalue weighted by Crippen LogP contribution is 2.26. The number of rotatable bonds is 5. The van der Waals surface area contributed by atoms with Crippen LogP contribution >= 0.6 is 27.5 Å². The number of carbonyl (C=O) groups excluding carboxylic acids is 1. The molecule has 1 amide bonds. The molecule has 0 bridgehead atoms. The molecule has 0 heterocycles. The SMILES string of the molecule is CC(C)COc1ccc(Br)cc1C(=O)Nc1ccccc1Cl. The number of ether oxygens (including phenoxy) is 1. The number of amides is 1. The van der Waals surface area contributed by atoms with Crippen molar-refractivity contribution in [3.63, 3.8) is 0 Å². The van der Waals surface area contributed by atoms with E-state index in [1.807, 2.05) is 18.2 Å². The number of anilines is 1. The molecule has 0 aliphatic carbocycles. The van der Waals surface area contributed by atoms with Crippen molar-refractivity contribution in [2.75, 3.05) is 11.9 Å². The number of benzene rings is 2. The quantitative estimate of drug-likeness (QED) is 0.753. The minimum absolute atomic E-state index is 0.256. The topological polar surface area (TPSA) is 38.3 Å². The van der Waals surface area contributed by atoms with Gasteiger partial charge in [-0.15, -0.1) is 0 Å². The summed E-state index contributed by atoms with van der Waals surface area (Å²) < 4.78 is 6.54. The highest BCUT2D eigenvalue weighted by Gasteiger charge is 2.15. The Morgan fingerprint density at radius 2 is 2.00 bits per heavy atom. The van der Waals surface area contributed by atoms with Gasteiger partial charge < -0.3 is 10.1 Å². The molecule has 22 heavy (non-hydrogen) atoms. The maximum absolute atomic E-state index is 12.5. The van der Waals surface area contributed by atoms with Crippen molar-refractivity contribution < 1.29 is 9.53 Å². The van der Waals surface area contributed by atoms with Crippen molar-refractivity contribution in [3.05, 3.63) is 57.5 Å². The van der Waals surface area contributed by atoms with Crippen LogP contribution in [-0.4, -0.2) is 12.5 Å². The van der Waals surface area contributed by atoms with Crippen LogP contribution in [0.2, 0.25) is 5.02 Å². The third-order valence-electron chi connectivity index (χ3n) is 2.88. The summed E-state index contributed by atoms with van der Waals surface area (Å²) in [4.78, 5) is 12.5. The Labute approximate surface area is 143 Å². The van der Waals surface area contributed by atoms with E-state index in [-0.39, 0.29) is 5.91 Å². The Bertz CT molecular complexity index is 673. The number of hydrogen-bond acceptors (Lipinski definition) is 2. The second kappa shape index (κ2) is 7.65. The minimum Gasteiger partial charge on any atom is -0.492 e. The second-order valence-electron chi connectivity index (χ2n) is 5.28. The highest BCUT2D eigenvalue weighted by atomic mass is 79.9. The van der Waals surface area contributed by atoms with Crippen molar-refractivity contribution in [1.29, 1.82) is 0 Å². The number of halogens is 2. The van der Waals surface area contributed by atoms with E-state index < -0.39 is 0 Å². The van der Waals surface area contributed by atoms with Crippen LogP contribution in [0.1, 0.15) is 24.2 Å². The van der Waals surface area contributed by atoms with Gasteiger partial charge in [-0.05, 0) is 36.2 Å². The van der Waals surface area contributed by atoms with Gasteiger partial charge in [0.2, 0.25) is 0 Å². The number of carbonyl (C=O) groups is 1. The van der Waals surface area contributed by atoms with E-state index >= 15 is 0 Å². The van der Waals surface area contributed by atoms with Crippen LogP contribution in [0, 0.1) is 5.92 Å². The van der Waals surface area contributed by atoms with Gasteiger partial charge in [0, 0.05) is 4.47 Å². The molecule has 0 unspecified atom stereocenters. The Morgan fingerprint density at radius 3 is 2.68 bits per heavy atom. The third kappa shape index (κ3) is 4.49. The summed E-state index contributed by atoms with van der Waals surface area (Å²) >= 11 is 9.46. The average Bonchev–Trinajstić information content (AvgIpc) is 2.48. The molecule has 116 valence electrons. The predicted octanol–water partition coefficient (Wildman–Crippen LogP) is 5.39. The summed E-state index contributed by atoms with van der Waals surface area (Å²) in [5.41, 5.74) is 1.04. The van der Waals surface area contributed by atoms with Crippen molar-refractivity contribution in [2.45, 2.75) is 13.8 Å². The average molecular weight is 383 g/mol. The van der Waals surface area contributed by atoms with Crippen LogP contribution in [0.15, 0.2) is 46.9 Å². The molecule has 0 aliphatic heterocycles. The molecule has 1 N–H and O–H groups in total. The molecule has 2 aromatic rings. The molecule has 0 saturated carbocycles. The fourth-order valence-electron chi connectivity index (χ4n) is 1.81.